The van der Waals surface area contributed by atoms with E-state index in [1.807, 2.05) is 30.4 Å². The zero-order valence-electron chi connectivity index (χ0n) is 19.4. The first-order valence-corrected chi connectivity index (χ1v) is 12.3. The van der Waals surface area contributed by atoms with E-state index in [4.69, 9.17) is 0 Å². The molecule has 170 valence electrons. The lowest BCUT2D eigenvalue weighted by atomic mass is 9.87. The van der Waals surface area contributed by atoms with Gasteiger partial charge in [-0.25, -0.2) is 0 Å². The molecule has 6 heteroatoms. The van der Waals surface area contributed by atoms with Crippen molar-refractivity contribution < 1.29 is 4.79 Å². The second kappa shape index (κ2) is 10.6. The fraction of sp³-hybridized carbons (Fsp3) is 0.462. The summed E-state index contributed by atoms with van der Waals surface area (Å²) in [5, 5.41) is 1.26. The van der Waals surface area contributed by atoms with Crippen LogP contribution in [0.4, 0.5) is 0 Å². The molecule has 1 amide bonds. The highest BCUT2D eigenvalue weighted by Crippen LogP contribution is 2.28. The van der Waals surface area contributed by atoms with E-state index in [9.17, 15) is 4.79 Å². The normalized spacial score (nSPS) is 19.5. The second-order valence-electron chi connectivity index (χ2n) is 9.22. The average Bonchev–Trinajstić information content (AvgIpc) is 3.20. The van der Waals surface area contributed by atoms with E-state index < -0.39 is 0 Å². The molecule has 0 N–H and O–H groups in total. The Labute approximate surface area is 195 Å². The molecule has 0 unspecified atom stereocenters. The van der Waals surface area contributed by atoms with Gasteiger partial charge in [0.1, 0.15) is 0 Å². The summed E-state index contributed by atoms with van der Waals surface area (Å²) in [5.41, 5.74) is 1.26. The first-order chi connectivity index (χ1) is 15.5. The molecule has 1 saturated heterocycles. The number of fused-ring (bicyclic) bond motifs is 1. The van der Waals surface area contributed by atoms with Gasteiger partial charge in [0.2, 0.25) is 5.91 Å². The summed E-state index contributed by atoms with van der Waals surface area (Å²) in [4.78, 5) is 25.2. The van der Waals surface area contributed by atoms with Gasteiger partial charge in [-0.3, -0.25) is 14.7 Å². The third-order valence-electron chi connectivity index (χ3n) is 6.59. The highest BCUT2D eigenvalue weighted by molar-refractivity contribution is 7.19. The van der Waals surface area contributed by atoms with E-state index in [2.05, 4.69) is 65.3 Å². The van der Waals surface area contributed by atoms with Crippen LogP contribution < -0.4 is 0 Å². The summed E-state index contributed by atoms with van der Waals surface area (Å²) in [6.45, 7) is 3.75. The largest absolute Gasteiger partial charge is 0.341 e. The minimum atomic E-state index is 0.240. The maximum absolute atomic E-state index is 12.9. The van der Waals surface area contributed by atoms with Crippen LogP contribution in [0.5, 0.6) is 0 Å². The zero-order chi connectivity index (χ0) is 22.5. The molecule has 1 fully saturated rings. The molecule has 1 aliphatic heterocycles. The Morgan fingerprint density at radius 2 is 2.03 bits per heavy atom. The Kier molecular flexibility index (Phi) is 7.55. The molecule has 0 aliphatic carbocycles. The van der Waals surface area contributed by atoms with Crippen molar-refractivity contribution in [2.24, 2.45) is 5.92 Å². The molecule has 0 radical (unpaired) electrons. The van der Waals surface area contributed by atoms with Crippen LogP contribution in [-0.2, 0) is 17.9 Å². The van der Waals surface area contributed by atoms with E-state index in [0.717, 1.165) is 32.5 Å². The average molecular weight is 451 g/mol. The van der Waals surface area contributed by atoms with E-state index in [1.54, 1.807) is 11.3 Å². The quantitative estimate of drug-likeness (QED) is 0.507. The van der Waals surface area contributed by atoms with Gasteiger partial charge in [0.15, 0.2) is 0 Å². The number of hydrogen-bond acceptors (Lipinski definition) is 5. The van der Waals surface area contributed by atoms with Gasteiger partial charge < -0.3 is 9.80 Å². The fourth-order valence-electron chi connectivity index (χ4n) is 4.89. The van der Waals surface area contributed by atoms with Gasteiger partial charge in [0, 0.05) is 54.6 Å². The Morgan fingerprint density at radius 3 is 2.78 bits per heavy atom. The van der Waals surface area contributed by atoms with Crippen molar-refractivity contribution in [2.75, 3.05) is 34.2 Å². The molecule has 4 rings (SSSR count). The van der Waals surface area contributed by atoms with Gasteiger partial charge in [-0.2, -0.15) is 0 Å². The zero-order valence-corrected chi connectivity index (χ0v) is 20.2. The number of carbonyl (C=O) groups is 1. The van der Waals surface area contributed by atoms with E-state index in [1.165, 1.54) is 20.5 Å². The van der Waals surface area contributed by atoms with Crippen LogP contribution in [0.1, 0.15) is 29.7 Å². The summed E-state index contributed by atoms with van der Waals surface area (Å²) in [7, 11) is 6.28. The molecule has 32 heavy (non-hydrogen) atoms. The van der Waals surface area contributed by atoms with Crippen molar-refractivity contribution in [3.63, 3.8) is 0 Å². The minimum absolute atomic E-state index is 0.240. The molecule has 2 aromatic heterocycles. The number of piperidine rings is 1. The van der Waals surface area contributed by atoms with E-state index in [0.29, 0.717) is 24.9 Å². The smallest absolute Gasteiger partial charge is 0.222 e. The van der Waals surface area contributed by atoms with Gasteiger partial charge >= 0.3 is 0 Å². The Bertz CT molecular complexity index is 986. The van der Waals surface area contributed by atoms with Crippen LogP contribution in [-0.4, -0.2) is 65.9 Å². The van der Waals surface area contributed by atoms with Crippen LogP contribution in [0.15, 0.2) is 54.9 Å². The van der Waals surface area contributed by atoms with Crippen molar-refractivity contribution in [3.8, 4) is 0 Å². The summed E-state index contributed by atoms with van der Waals surface area (Å²) < 4.78 is 1.29. The Balaban J connectivity index is 1.33. The van der Waals surface area contributed by atoms with Gasteiger partial charge in [0.05, 0.1) is 6.54 Å². The number of nitrogens with zero attached hydrogens (tertiary/aromatic N) is 4. The highest BCUT2D eigenvalue weighted by atomic mass is 32.1. The maximum Gasteiger partial charge on any atom is 0.222 e. The lowest BCUT2D eigenvalue weighted by Gasteiger charge is -2.41. The molecular formula is C26H34N4OS. The summed E-state index contributed by atoms with van der Waals surface area (Å²) >= 11 is 1.78. The topological polar surface area (TPSA) is 39.7 Å². The number of hydrogen-bond donors (Lipinski definition) is 0. The molecule has 5 nitrogen and oxygen atoms in total. The number of aromatic nitrogens is 1. The molecule has 0 saturated carbocycles. The molecule has 3 heterocycles. The third-order valence-corrected chi connectivity index (χ3v) is 7.70. The van der Waals surface area contributed by atoms with Crippen LogP contribution in [0.3, 0.4) is 0 Å². The highest BCUT2D eigenvalue weighted by Gasteiger charge is 2.31. The minimum Gasteiger partial charge on any atom is -0.341 e. The summed E-state index contributed by atoms with van der Waals surface area (Å²) in [6, 6.07) is 15.3. The first-order valence-electron chi connectivity index (χ1n) is 11.5. The molecule has 0 bridgehead atoms. The summed E-state index contributed by atoms with van der Waals surface area (Å²) in [6.07, 6.45) is 6.47. The summed E-state index contributed by atoms with van der Waals surface area (Å²) in [5.74, 6) is 0.737. The van der Waals surface area contributed by atoms with Crippen LogP contribution in [0.25, 0.3) is 10.1 Å². The monoisotopic (exact) mass is 450 g/mol. The van der Waals surface area contributed by atoms with Crippen molar-refractivity contribution in [1.29, 1.82) is 0 Å². The van der Waals surface area contributed by atoms with Crippen molar-refractivity contribution >= 4 is 27.3 Å². The van der Waals surface area contributed by atoms with E-state index >= 15 is 0 Å². The third kappa shape index (κ3) is 5.74. The number of carbonyl (C=O) groups excluding carboxylic acids is 1. The van der Waals surface area contributed by atoms with Crippen molar-refractivity contribution in [2.45, 2.75) is 38.4 Å². The number of amides is 1. The van der Waals surface area contributed by atoms with Crippen LogP contribution >= 0.6 is 11.3 Å². The fourth-order valence-corrected chi connectivity index (χ4v) is 6.01. The molecule has 1 aliphatic rings. The molecule has 1 aromatic carbocycles. The number of pyridine rings is 1. The number of benzene rings is 1. The van der Waals surface area contributed by atoms with Crippen LogP contribution in [0, 0.1) is 5.92 Å². The van der Waals surface area contributed by atoms with E-state index in [-0.39, 0.29) is 5.91 Å². The first kappa shape index (κ1) is 22.9. The predicted molar refractivity (Wildman–Crippen MR) is 133 cm³/mol. The lowest BCUT2D eigenvalue weighted by molar-refractivity contribution is -0.130. The molecule has 2 atom stereocenters. The molecule has 3 aromatic rings. The maximum atomic E-state index is 12.9. The number of likely N-dealkylation sites (tertiary alicyclic amines) is 1. The molecule has 0 spiro atoms. The van der Waals surface area contributed by atoms with Gasteiger partial charge in [0.25, 0.3) is 0 Å². The van der Waals surface area contributed by atoms with Gasteiger partial charge in [-0.1, -0.05) is 24.3 Å². The second-order valence-corrected chi connectivity index (χ2v) is 10.4. The van der Waals surface area contributed by atoms with Gasteiger partial charge in [-0.15, -0.1) is 11.3 Å². The molecular weight excluding hydrogens is 416 g/mol. The predicted octanol–water partition coefficient (Wildman–Crippen LogP) is 4.49. The number of rotatable bonds is 8. The number of thiophene rings is 1. The lowest BCUT2D eigenvalue weighted by Crippen LogP contribution is -2.48. The SMILES string of the molecule is CN(Cc1cc2ccccc2s1)C(=O)CC[C@H]1CN(Cc2cccnc2)CC[C@H]1N(C)C. The Morgan fingerprint density at radius 1 is 1.19 bits per heavy atom. The Hall–Kier alpha value is -2.28. The standard InChI is InChI=1S/C26H34N4OS/c1-28(2)24-12-14-30(17-20-7-6-13-27-16-20)18-22(24)10-11-26(31)29(3)19-23-15-21-8-4-5-9-25(21)32-23/h4-9,13,15-16,22,24H,10-12,14,17-19H2,1-3H3/t22-,24+/m0/s1. The van der Waals surface area contributed by atoms with Gasteiger partial charge in [-0.05, 0) is 68.5 Å². The van der Waals surface area contributed by atoms with Crippen molar-refractivity contribution in [3.05, 3.63) is 65.3 Å². The van der Waals surface area contributed by atoms with Crippen LogP contribution in [0.2, 0.25) is 0 Å². The van der Waals surface area contributed by atoms with Crippen molar-refractivity contribution in [1.82, 2.24) is 19.7 Å².